The van der Waals surface area contributed by atoms with Gasteiger partial charge in [-0.05, 0) is 6.07 Å². The molecule has 1 aromatic rings. The van der Waals surface area contributed by atoms with Crippen molar-refractivity contribution in [3.63, 3.8) is 0 Å². The molecule has 0 unspecified atom stereocenters. The fraction of sp³-hybridized carbons (Fsp3) is 0. The van der Waals surface area contributed by atoms with Gasteiger partial charge in [-0.25, -0.2) is 14.8 Å². The third kappa shape index (κ3) is 2.44. The number of H-pyrrole nitrogens is 1. The Bertz CT molecular complexity index is 357. The first-order valence-corrected chi connectivity index (χ1v) is 3.43. The standard InChI is InChI=1S/C7H8N4O2/c8-7(9)11-5-1-4(6(12)13)2-10-3-5/h1-3H,(H,12,13)(H4,8,9,11)/p+1. The van der Waals surface area contributed by atoms with Gasteiger partial charge in [-0.2, -0.15) is 0 Å². The number of guanidine groups is 1. The van der Waals surface area contributed by atoms with Crippen LogP contribution in [0.3, 0.4) is 0 Å². The molecule has 13 heavy (non-hydrogen) atoms. The molecule has 0 aliphatic carbocycles. The van der Waals surface area contributed by atoms with Crippen LogP contribution >= 0.6 is 0 Å². The van der Waals surface area contributed by atoms with Crippen LogP contribution in [0.2, 0.25) is 0 Å². The second-order valence-corrected chi connectivity index (χ2v) is 2.32. The molecular weight excluding hydrogens is 172 g/mol. The molecule has 68 valence electrons. The van der Waals surface area contributed by atoms with E-state index in [1.807, 2.05) is 0 Å². The summed E-state index contributed by atoms with van der Waals surface area (Å²) in [5.41, 5.74) is 10.7. The second kappa shape index (κ2) is 3.53. The first kappa shape index (κ1) is 8.98. The molecule has 0 aromatic carbocycles. The quantitative estimate of drug-likeness (QED) is 0.405. The van der Waals surface area contributed by atoms with Gasteiger partial charge in [-0.1, -0.05) is 0 Å². The van der Waals surface area contributed by atoms with Gasteiger partial charge in [0, 0.05) is 0 Å². The molecule has 1 heterocycles. The van der Waals surface area contributed by atoms with Crippen LogP contribution in [0.5, 0.6) is 0 Å². The van der Waals surface area contributed by atoms with E-state index in [1.165, 1.54) is 18.5 Å². The number of nitrogens with one attached hydrogen (secondary N) is 1. The van der Waals surface area contributed by atoms with Crippen molar-refractivity contribution >= 4 is 17.6 Å². The van der Waals surface area contributed by atoms with E-state index < -0.39 is 5.97 Å². The number of carboxylic acid groups (broad SMARTS) is 1. The zero-order valence-electron chi connectivity index (χ0n) is 6.69. The Morgan fingerprint density at radius 2 is 2.15 bits per heavy atom. The summed E-state index contributed by atoms with van der Waals surface area (Å²) in [5, 5.41) is 8.61. The number of aromatic carboxylic acids is 1. The Morgan fingerprint density at radius 3 is 2.69 bits per heavy atom. The molecule has 0 aliphatic heterocycles. The predicted molar refractivity (Wildman–Crippen MR) is 45.4 cm³/mol. The summed E-state index contributed by atoms with van der Waals surface area (Å²) in [5.74, 6) is -1.15. The normalized spacial score (nSPS) is 9.23. The van der Waals surface area contributed by atoms with Gasteiger partial charge in [0.15, 0.2) is 18.4 Å². The number of rotatable bonds is 2. The maximum atomic E-state index is 10.5. The minimum absolute atomic E-state index is 0.0995. The van der Waals surface area contributed by atoms with Gasteiger partial charge >= 0.3 is 5.97 Å². The zero-order chi connectivity index (χ0) is 9.84. The van der Waals surface area contributed by atoms with Crippen molar-refractivity contribution in [2.24, 2.45) is 16.5 Å². The lowest BCUT2D eigenvalue weighted by atomic mass is 10.3. The summed E-state index contributed by atoms with van der Waals surface area (Å²) in [4.78, 5) is 16.8. The molecule has 0 atom stereocenters. The Labute approximate surface area is 73.9 Å². The predicted octanol–water partition coefficient (Wildman–Crippen LogP) is -0.896. The fourth-order valence-corrected chi connectivity index (χ4v) is 0.797. The molecule has 0 saturated carbocycles. The Hall–Kier alpha value is -2.11. The van der Waals surface area contributed by atoms with Gasteiger partial charge < -0.3 is 16.6 Å². The number of aromatic nitrogens is 1. The van der Waals surface area contributed by atoms with Crippen LogP contribution in [0.4, 0.5) is 5.69 Å². The molecule has 6 nitrogen and oxygen atoms in total. The number of hydrogen-bond acceptors (Lipinski definition) is 2. The molecule has 0 aliphatic rings. The van der Waals surface area contributed by atoms with Crippen LogP contribution in [0.15, 0.2) is 23.5 Å². The molecule has 0 spiro atoms. The highest BCUT2D eigenvalue weighted by Crippen LogP contribution is 2.09. The van der Waals surface area contributed by atoms with E-state index in [0.29, 0.717) is 5.69 Å². The van der Waals surface area contributed by atoms with E-state index >= 15 is 0 Å². The second-order valence-electron chi connectivity index (χ2n) is 2.32. The first-order chi connectivity index (χ1) is 6.09. The molecular formula is C7H9N4O2+. The number of carbonyl (C=O) groups is 1. The molecule has 1 rings (SSSR count). The minimum atomic E-state index is -1.04. The SMILES string of the molecule is NC(N)=Nc1c[nH+]cc(C(=O)O)c1. The van der Waals surface area contributed by atoms with Crippen LogP contribution < -0.4 is 16.5 Å². The Balaban J connectivity index is 3.06. The van der Waals surface area contributed by atoms with E-state index in [1.54, 1.807) is 0 Å². The Kier molecular flexibility index (Phi) is 2.44. The smallest absolute Gasteiger partial charge is 0.341 e. The number of nitrogens with zero attached hydrogens (tertiary/aromatic N) is 1. The van der Waals surface area contributed by atoms with Crippen LogP contribution in [0.25, 0.3) is 0 Å². The summed E-state index contributed by atoms with van der Waals surface area (Å²) >= 11 is 0. The maximum Gasteiger partial charge on any atom is 0.341 e. The molecule has 0 amide bonds. The zero-order valence-corrected chi connectivity index (χ0v) is 6.69. The van der Waals surface area contributed by atoms with E-state index in [2.05, 4.69) is 9.98 Å². The van der Waals surface area contributed by atoms with Crippen molar-refractivity contribution in [2.75, 3.05) is 0 Å². The van der Waals surface area contributed by atoms with Gasteiger partial charge in [0.1, 0.15) is 11.3 Å². The first-order valence-electron chi connectivity index (χ1n) is 3.43. The molecule has 6 N–H and O–H groups in total. The highest BCUT2D eigenvalue weighted by molar-refractivity contribution is 5.88. The number of carboxylic acids is 1. The lowest BCUT2D eigenvalue weighted by molar-refractivity contribution is -0.377. The van der Waals surface area contributed by atoms with Gasteiger partial charge in [0.05, 0.1) is 0 Å². The van der Waals surface area contributed by atoms with Crippen molar-refractivity contribution < 1.29 is 14.9 Å². The highest BCUT2D eigenvalue weighted by atomic mass is 16.4. The van der Waals surface area contributed by atoms with Crippen LogP contribution in [0, 0.1) is 0 Å². The van der Waals surface area contributed by atoms with Crippen LogP contribution in [-0.2, 0) is 0 Å². The maximum absolute atomic E-state index is 10.5. The lowest BCUT2D eigenvalue weighted by Crippen LogP contribution is -2.22. The van der Waals surface area contributed by atoms with Crippen LogP contribution in [0.1, 0.15) is 10.4 Å². The molecule has 0 saturated heterocycles. The number of aromatic amines is 1. The highest BCUT2D eigenvalue weighted by Gasteiger charge is 2.06. The van der Waals surface area contributed by atoms with E-state index in [0.717, 1.165) is 0 Å². The third-order valence-corrected chi connectivity index (χ3v) is 1.28. The van der Waals surface area contributed by atoms with Crippen molar-refractivity contribution in [3.05, 3.63) is 24.0 Å². The van der Waals surface area contributed by atoms with Crippen molar-refractivity contribution in [3.8, 4) is 0 Å². The lowest BCUT2D eigenvalue weighted by Gasteiger charge is -1.92. The minimum Gasteiger partial charge on any atom is -0.477 e. The van der Waals surface area contributed by atoms with E-state index in [9.17, 15) is 4.79 Å². The number of aliphatic imine (C=N–C) groups is 1. The average molecular weight is 181 g/mol. The molecule has 0 bridgehead atoms. The Morgan fingerprint density at radius 1 is 1.46 bits per heavy atom. The number of nitrogens with two attached hydrogens (primary N) is 2. The summed E-state index contributed by atoms with van der Waals surface area (Å²) in [6.07, 6.45) is 2.83. The molecule has 0 fully saturated rings. The van der Waals surface area contributed by atoms with Gasteiger partial charge in [-0.3, -0.25) is 0 Å². The average Bonchev–Trinajstić information content (AvgIpc) is 2.03. The van der Waals surface area contributed by atoms with Gasteiger partial charge in [0.2, 0.25) is 0 Å². The molecule has 6 heteroatoms. The van der Waals surface area contributed by atoms with E-state index in [4.69, 9.17) is 16.6 Å². The van der Waals surface area contributed by atoms with E-state index in [-0.39, 0.29) is 11.5 Å². The number of hydrogen-bond donors (Lipinski definition) is 3. The summed E-state index contributed by atoms with van der Waals surface area (Å²) in [7, 11) is 0. The van der Waals surface area contributed by atoms with Crippen molar-refractivity contribution in [2.45, 2.75) is 0 Å². The summed E-state index contributed by atoms with van der Waals surface area (Å²) in [6.45, 7) is 0. The monoisotopic (exact) mass is 181 g/mol. The van der Waals surface area contributed by atoms with Crippen molar-refractivity contribution in [1.82, 2.24) is 0 Å². The molecule has 1 aromatic heterocycles. The summed E-state index contributed by atoms with van der Waals surface area (Å²) < 4.78 is 0. The third-order valence-electron chi connectivity index (χ3n) is 1.28. The van der Waals surface area contributed by atoms with Crippen LogP contribution in [-0.4, -0.2) is 17.0 Å². The fourth-order valence-electron chi connectivity index (χ4n) is 0.797. The molecule has 0 radical (unpaired) electrons. The number of pyridine rings is 1. The van der Waals surface area contributed by atoms with Crippen molar-refractivity contribution in [1.29, 1.82) is 0 Å². The topological polar surface area (TPSA) is 116 Å². The van der Waals surface area contributed by atoms with Gasteiger partial charge in [0.25, 0.3) is 0 Å². The summed E-state index contributed by atoms with van der Waals surface area (Å²) in [6, 6.07) is 1.36. The van der Waals surface area contributed by atoms with Gasteiger partial charge in [-0.15, -0.1) is 0 Å². The largest absolute Gasteiger partial charge is 0.477 e.